The van der Waals surface area contributed by atoms with Gasteiger partial charge in [0.15, 0.2) is 11.6 Å². The third-order valence-electron chi connectivity index (χ3n) is 7.40. The van der Waals surface area contributed by atoms with Gasteiger partial charge in [-0.15, -0.1) is 0 Å². The molecule has 2 aliphatic rings. The molecule has 8 nitrogen and oxygen atoms in total. The molecule has 0 amide bonds. The summed E-state index contributed by atoms with van der Waals surface area (Å²) in [5.74, 6) is 0.894. The quantitative estimate of drug-likeness (QED) is 0.355. The second kappa shape index (κ2) is 12.7. The van der Waals surface area contributed by atoms with Crippen LogP contribution in [-0.2, 0) is 17.0 Å². The summed E-state index contributed by atoms with van der Waals surface area (Å²) >= 11 is 0. The molecule has 0 atom stereocenters. The summed E-state index contributed by atoms with van der Waals surface area (Å²) < 4.78 is 31.3. The van der Waals surface area contributed by atoms with Gasteiger partial charge in [-0.05, 0) is 50.3 Å². The number of Topliss-reactive ketones (excluding diaryl/α,β-unsaturated/α-hetero) is 2. The van der Waals surface area contributed by atoms with E-state index in [2.05, 4.69) is 9.97 Å². The molecule has 212 valence electrons. The van der Waals surface area contributed by atoms with Crippen molar-refractivity contribution in [1.82, 2.24) is 9.97 Å². The van der Waals surface area contributed by atoms with E-state index in [-0.39, 0.29) is 48.4 Å². The first-order valence-corrected chi connectivity index (χ1v) is 13.3. The number of carbonyl (C=O) groups excluding carboxylic acids is 2. The van der Waals surface area contributed by atoms with Gasteiger partial charge in [0, 0.05) is 41.9 Å². The van der Waals surface area contributed by atoms with E-state index in [4.69, 9.17) is 14.2 Å². The van der Waals surface area contributed by atoms with Crippen molar-refractivity contribution in [3.8, 4) is 11.8 Å². The number of aromatic nitrogens is 2. The van der Waals surface area contributed by atoms with Crippen molar-refractivity contribution >= 4 is 11.6 Å². The van der Waals surface area contributed by atoms with Crippen molar-refractivity contribution < 1.29 is 33.3 Å². The minimum absolute atomic E-state index is 0.00345. The van der Waals surface area contributed by atoms with Crippen molar-refractivity contribution in [2.75, 3.05) is 14.2 Å². The zero-order valence-corrected chi connectivity index (χ0v) is 23.2. The van der Waals surface area contributed by atoms with Crippen molar-refractivity contribution in [1.29, 1.82) is 0 Å². The summed E-state index contributed by atoms with van der Waals surface area (Å²) in [6.07, 6.45) is 4.48. The van der Waals surface area contributed by atoms with Crippen LogP contribution in [0.3, 0.4) is 0 Å². The maximum atomic E-state index is 15.2. The normalized spacial score (nSPS) is 23.1. The number of hydrogen-bond donors (Lipinski definition) is 1. The van der Waals surface area contributed by atoms with Crippen LogP contribution in [0.1, 0.15) is 82.9 Å². The second-order valence-corrected chi connectivity index (χ2v) is 10.3. The highest BCUT2D eigenvalue weighted by Crippen LogP contribution is 2.49. The summed E-state index contributed by atoms with van der Waals surface area (Å²) in [5.41, 5.74) is 1.74. The summed E-state index contributed by atoms with van der Waals surface area (Å²) in [6, 6.07) is 13.2. The lowest BCUT2D eigenvalue weighted by molar-refractivity contribution is -0.107. The molecular formula is C31H35FN2O6. The number of ketones is 2. The van der Waals surface area contributed by atoms with E-state index < -0.39 is 5.67 Å². The van der Waals surface area contributed by atoms with Gasteiger partial charge in [0.05, 0.1) is 38.6 Å². The Bertz CT molecular complexity index is 1340. The van der Waals surface area contributed by atoms with Gasteiger partial charge in [-0.2, -0.15) is 0 Å². The maximum absolute atomic E-state index is 15.2. The van der Waals surface area contributed by atoms with Crippen molar-refractivity contribution in [2.45, 2.75) is 69.9 Å². The summed E-state index contributed by atoms with van der Waals surface area (Å²) in [4.78, 5) is 31.0. The molecule has 2 aromatic heterocycles. The number of ether oxygens (including phenoxy) is 3. The van der Waals surface area contributed by atoms with Crippen LogP contribution >= 0.6 is 0 Å². The number of pyridine rings is 2. The minimum atomic E-state index is -1.56. The first-order chi connectivity index (χ1) is 19.1. The van der Waals surface area contributed by atoms with Crippen molar-refractivity contribution in [3.05, 3.63) is 82.7 Å². The Morgan fingerprint density at radius 2 is 1.52 bits per heavy atom. The molecule has 40 heavy (non-hydrogen) atoms. The SMILES string of the molecule is COc1ncc(C(C)=O)cc1C1(F)CC(OCc2ccccc2)C1.COc1ncc(C(C)=O)cc1C1CC(O)C1. The maximum Gasteiger partial charge on any atom is 0.219 e. The predicted octanol–water partition coefficient (Wildman–Crippen LogP) is 5.37. The molecule has 2 heterocycles. The lowest BCUT2D eigenvalue weighted by Gasteiger charge is -2.41. The summed E-state index contributed by atoms with van der Waals surface area (Å²) in [5, 5.41) is 9.29. The fraction of sp³-hybridized carbons (Fsp3) is 0.419. The van der Waals surface area contributed by atoms with Gasteiger partial charge in [0.2, 0.25) is 11.8 Å². The number of alkyl halides is 1. The highest BCUT2D eigenvalue weighted by Gasteiger charge is 2.49. The molecule has 9 heteroatoms. The molecule has 0 saturated heterocycles. The number of halogens is 1. The van der Waals surface area contributed by atoms with Crippen LogP contribution in [0.25, 0.3) is 0 Å². The van der Waals surface area contributed by atoms with Gasteiger partial charge >= 0.3 is 0 Å². The fourth-order valence-corrected chi connectivity index (χ4v) is 4.88. The third kappa shape index (κ3) is 6.71. The first-order valence-electron chi connectivity index (χ1n) is 13.3. The Morgan fingerprint density at radius 3 is 2.08 bits per heavy atom. The number of carbonyl (C=O) groups is 2. The van der Waals surface area contributed by atoms with E-state index in [1.54, 1.807) is 13.2 Å². The van der Waals surface area contributed by atoms with Gasteiger partial charge in [0.1, 0.15) is 5.67 Å². The van der Waals surface area contributed by atoms with Crippen LogP contribution in [0.2, 0.25) is 0 Å². The van der Waals surface area contributed by atoms with E-state index in [1.807, 2.05) is 36.4 Å². The van der Waals surface area contributed by atoms with E-state index in [0.29, 0.717) is 29.2 Å². The van der Waals surface area contributed by atoms with Crippen molar-refractivity contribution in [2.24, 2.45) is 0 Å². The van der Waals surface area contributed by atoms with Gasteiger partial charge in [-0.1, -0.05) is 30.3 Å². The molecule has 5 rings (SSSR count). The molecule has 2 fully saturated rings. The smallest absolute Gasteiger partial charge is 0.219 e. The molecule has 1 N–H and O–H groups in total. The topological polar surface area (TPSA) is 108 Å². The number of hydrogen-bond acceptors (Lipinski definition) is 8. The minimum Gasteiger partial charge on any atom is -0.481 e. The molecule has 2 aliphatic carbocycles. The molecule has 0 unspecified atom stereocenters. The monoisotopic (exact) mass is 550 g/mol. The molecule has 3 aromatic rings. The van der Waals surface area contributed by atoms with Crippen LogP contribution in [0.4, 0.5) is 4.39 Å². The van der Waals surface area contributed by atoms with E-state index in [1.165, 1.54) is 33.4 Å². The van der Waals surface area contributed by atoms with E-state index in [0.717, 1.165) is 24.0 Å². The number of aliphatic hydroxyl groups is 1. The Hall–Kier alpha value is -3.69. The van der Waals surface area contributed by atoms with Gasteiger partial charge in [-0.3, -0.25) is 9.59 Å². The molecule has 1 aromatic carbocycles. The Kier molecular flexibility index (Phi) is 9.27. The zero-order chi connectivity index (χ0) is 28.9. The van der Waals surface area contributed by atoms with Crippen LogP contribution in [0, 0.1) is 0 Å². The summed E-state index contributed by atoms with van der Waals surface area (Å²) in [7, 11) is 3.01. The predicted molar refractivity (Wildman–Crippen MR) is 147 cm³/mol. The number of methoxy groups -OCH3 is 2. The van der Waals surface area contributed by atoms with Crippen LogP contribution in [-0.4, -0.2) is 53.1 Å². The first kappa shape index (κ1) is 29.3. The zero-order valence-electron chi connectivity index (χ0n) is 23.2. The van der Waals surface area contributed by atoms with Gasteiger partial charge in [0.25, 0.3) is 0 Å². The lowest BCUT2D eigenvalue weighted by atomic mass is 9.74. The largest absolute Gasteiger partial charge is 0.481 e. The van der Waals surface area contributed by atoms with Crippen LogP contribution < -0.4 is 9.47 Å². The lowest BCUT2D eigenvalue weighted by Crippen LogP contribution is -2.43. The highest BCUT2D eigenvalue weighted by molar-refractivity contribution is 5.94. The molecule has 0 spiro atoms. The van der Waals surface area contributed by atoms with E-state index in [9.17, 15) is 14.7 Å². The van der Waals surface area contributed by atoms with Crippen molar-refractivity contribution in [3.63, 3.8) is 0 Å². The number of nitrogens with zero attached hydrogens (tertiary/aromatic N) is 2. The number of aliphatic hydroxyl groups excluding tert-OH is 1. The average molecular weight is 551 g/mol. The Balaban J connectivity index is 0.000000201. The molecular weight excluding hydrogens is 515 g/mol. The Labute approximate surface area is 233 Å². The fourth-order valence-electron chi connectivity index (χ4n) is 4.88. The third-order valence-corrected chi connectivity index (χ3v) is 7.40. The number of rotatable bonds is 9. The van der Waals surface area contributed by atoms with E-state index >= 15 is 4.39 Å². The molecule has 0 aliphatic heterocycles. The highest BCUT2D eigenvalue weighted by atomic mass is 19.1. The van der Waals surface area contributed by atoms with Gasteiger partial charge in [-0.25, -0.2) is 14.4 Å². The average Bonchev–Trinajstić information content (AvgIpc) is 2.93. The van der Waals surface area contributed by atoms with Crippen LogP contribution in [0.15, 0.2) is 54.9 Å². The van der Waals surface area contributed by atoms with Gasteiger partial charge < -0.3 is 19.3 Å². The molecule has 0 bridgehead atoms. The second-order valence-electron chi connectivity index (χ2n) is 10.3. The standard InChI is InChI=1S/C19H20FNO3.C12H15NO3/c1-13(22)15-8-17(18(23-2)21-11-15)19(20)9-16(10-19)24-12-14-6-4-3-5-7-14;1-7(14)9-5-11(8-3-10(15)4-8)12(16-2)13-6-9/h3-8,11,16H,9-10,12H2,1-2H3;5-6,8,10,15H,3-4H2,1-2H3. The summed E-state index contributed by atoms with van der Waals surface area (Å²) in [6.45, 7) is 3.41. The number of benzene rings is 1. The molecule has 2 saturated carbocycles. The Morgan fingerprint density at radius 1 is 0.950 bits per heavy atom. The molecule has 0 radical (unpaired) electrons. The van der Waals surface area contributed by atoms with Crippen LogP contribution in [0.5, 0.6) is 11.8 Å².